The van der Waals surface area contributed by atoms with E-state index in [1.54, 1.807) is 0 Å². The van der Waals surface area contributed by atoms with Gasteiger partial charge in [0.1, 0.15) is 5.78 Å². The van der Waals surface area contributed by atoms with Crippen molar-refractivity contribution < 1.29 is 19.4 Å². The standard InChI is InChI=1S/C17H24N2O4/c1-13(20)2-7-17(22)18-12-16(21)14-3-5-15(6-4-14)19-8-10-23-11-9-19/h3-6,16,21H,2,7-12H2,1H3,(H,18,22). The molecule has 1 atom stereocenters. The van der Waals surface area contributed by atoms with Crippen LogP contribution in [0.2, 0.25) is 0 Å². The van der Waals surface area contributed by atoms with Gasteiger partial charge in [-0.25, -0.2) is 0 Å². The second kappa shape index (κ2) is 8.64. The van der Waals surface area contributed by atoms with Crippen molar-refractivity contribution in [2.24, 2.45) is 0 Å². The fraction of sp³-hybridized carbons (Fsp3) is 0.529. The molecule has 6 nitrogen and oxygen atoms in total. The molecule has 2 N–H and O–H groups in total. The SMILES string of the molecule is CC(=O)CCC(=O)NCC(O)c1ccc(N2CCOCC2)cc1. The molecule has 1 aliphatic heterocycles. The van der Waals surface area contributed by atoms with Crippen LogP contribution in [0.15, 0.2) is 24.3 Å². The van der Waals surface area contributed by atoms with Gasteiger partial charge in [0.25, 0.3) is 0 Å². The van der Waals surface area contributed by atoms with Gasteiger partial charge in [0.05, 0.1) is 19.3 Å². The number of amides is 1. The summed E-state index contributed by atoms with van der Waals surface area (Å²) in [7, 11) is 0. The zero-order chi connectivity index (χ0) is 16.7. The Hall–Kier alpha value is -1.92. The van der Waals surface area contributed by atoms with E-state index in [0.717, 1.165) is 37.6 Å². The van der Waals surface area contributed by atoms with Gasteiger partial charge >= 0.3 is 0 Å². The first-order valence-corrected chi connectivity index (χ1v) is 7.93. The molecule has 2 rings (SSSR count). The molecule has 1 saturated heterocycles. The molecule has 0 saturated carbocycles. The summed E-state index contributed by atoms with van der Waals surface area (Å²) in [5, 5.41) is 12.8. The van der Waals surface area contributed by atoms with Crippen LogP contribution in [0, 0.1) is 0 Å². The molecule has 1 heterocycles. The fourth-order valence-corrected chi connectivity index (χ4v) is 2.44. The summed E-state index contributed by atoms with van der Waals surface area (Å²) in [5.41, 5.74) is 1.86. The highest BCUT2D eigenvalue weighted by Crippen LogP contribution is 2.20. The molecular formula is C17H24N2O4. The summed E-state index contributed by atoms with van der Waals surface area (Å²) in [6.45, 7) is 4.81. The molecule has 0 bridgehead atoms. The number of anilines is 1. The van der Waals surface area contributed by atoms with Gasteiger partial charge in [-0.05, 0) is 24.6 Å². The van der Waals surface area contributed by atoms with E-state index in [2.05, 4.69) is 10.2 Å². The predicted molar refractivity (Wildman–Crippen MR) is 87.4 cm³/mol. The maximum absolute atomic E-state index is 11.6. The van der Waals surface area contributed by atoms with E-state index in [1.165, 1.54) is 6.92 Å². The summed E-state index contributed by atoms with van der Waals surface area (Å²) in [6.07, 6.45) is -0.358. The van der Waals surface area contributed by atoms with Crippen LogP contribution < -0.4 is 10.2 Å². The Bertz CT molecular complexity index is 524. The summed E-state index contributed by atoms with van der Waals surface area (Å²) in [5.74, 6) is -0.233. The minimum absolute atomic E-state index is 0.0144. The summed E-state index contributed by atoms with van der Waals surface area (Å²) >= 11 is 0. The normalized spacial score (nSPS) is 16.0. The number of nitrogens with zero attached hydrogens (tertiary/aromatic N) is 1. The number of rotatable bonds is 7. The van der Waals surface area contributed by atoms with Crippen molar-refractivity contribution in [3.8, 4) is 0 Å². The van der Waals surface area contributed by atoms with Crippen LogP contribution in [0.1, 0.15) is 31.4 Å². The lowest BCUT2D eigenvalue weighted by Crippen LogP contribution is -2.36. The number of aliphatic hydroxyl groups is 1. The molecule has 1 fully saturated rings. The first-order valence-electron chi connectivity index (χ1n) is 7.93. The summed E-state index contributed by atoms with van der Waals surface area (Å²) in [6, 6.07) is 7.69. The Morgan fingerprint density at radius 2 is 1.87 bits per heavy atom. The first kappa shape index (κ1) is 17.4. The third-order valence-corrected chi connectivity index (χ3v) is 3.85. The second-order valence-corrected chi connectivity index (χ2v) is 5.71. The maximum atomic E-state index is 11.6. The van der Waals surface area contributed by atoms with Gasteiger partial charge in [-0.3, -0.25) is 4.79 Å². The van der Waals surface area contributed by atoms with Crippen molar-refractivity contribution in [1.82, 2.24) is 5.32 Å². The van der Waals surface area contributed by atoms with Crippen LogP contribution in [0.5, 0.6) is 0 Å². The fourth-order valence-electron chi connectivity index (χ4n) is 2.44. The van der Waals surface area contributed by atoms with E-state index >= 15 is 0 Å². The van der Waals surface area contributed by atoms with Gasteiger partial charge in [-0.1, -0.05) is 12.1 Å². The number of aliphatic hydroxyl groups excluding tert-OH is 1. The van der Waals surface area contributed by atoms with E-state index < -0.39 is 6.10 Å². The number of benzene rings is 1. The van der Waals surface area contributed by atoms with Crippen molar-refractivity contribution in [2.45, 2.75) is 25.9 Å². The lowest BCUT2D eigenvalue weighted by Gasteiger charge is -2.29. The van der Waals surface area contributed by atoms with Crippen LogP contribution in [0.4, 0.5) is 5.69 Å². The smallest absolute Gasteiger partial charge is 0.220 e. The van der Waals surface area contributed by atoms with Gasteiger partial charge in [0, 0.05) is 38.2 Å². The number of hydrogen-bond donors (Lipinski definition) is 2. The summed E-state index contributed by atoms with van der Waals surface area (Å²) < 4.78 is 5.33. The zero-order valence-electron chi connectivity index (χ0n) is 13.5. The maximum Gasteiger partial charge on any atom is 0.220 e. The van der Waals surface area contributed by atoms with Gasteiger partial charge < -0.3 is 24.9 Å². The molecule has 23 heavy (non-hydrogen) atoms. The molecular weight excluding hydrogens is 296 g/mol. The molecule has 1 amide bonds. The number of Topliss-reactive ketones (excluding diaryl/α,β-unsaturated/α-hetero) is 1. The Labute approximate surface area is 136 Å². The number of nitrogens with one attached hydrogen (secondary N) is 1. The van der Waals surface area contributed by atoms with Crippen LogP contribution in [0.25, 0.3) is 0 Å². The predicted octanol–water partition coefficient (Wildman–Crippen LogP) is 1.04. The minimum atomic E-state index is -0.755. The van der Waals surface area contributed by atoms with E-state index in [9.17, 15) is 14.7 Å². The molecule has 0 radical (unpaired) electrons. The first-order chi connectivity index (χ1) is 11.1. The average Bonchev–Trinajstić information content (AvgIpc) is 2.58. The van der Waals surface area contributed by atoms with Crippen molar-refractivity contribution >= 4 is 17.4 Å². The molecule has 1 unspecified atom stereocenters. The van der Waals surface area contributed by atoms with Crippen molar-refractivity contribution in [3.63, 3.8) is 0 Å². The number of ether oxygens (including phenoxy) is 1. The van der Waals surface area contributed by atoms with Crippen LogP contribution in [-0.2, 0) is 14.3 Å². The molecule has 0 spiro atoms. The summed E-state index contributed by atoms with van der Waals surface area (Å²) in [4.78, 5) is 24.6. The van der Waals surface area contributed by atoms with Crippen molar-refractivity contribution in [1.29, 1.82) is 0 Å². The van der Waals surface area contributed by atoms with Crippen LogP contribution in [-0.4, -0.2) is 49.6 Å². The largest absolute Gasteiger partial charge is 0.387 e. The number of carbonyl (C=O) groups is 2. The third-order valence-electron chi connectivity index (χ3n) is 3.85. The molecule has 1 aromatic rings. The van der Waals surface area contributed by atoms with E-state index in [0.29, 0.717) is 0 Å². The highest BCUT2D eigenvalue weighted by Gasteiger charge is 2.13. The zero-order valence-corrected chi connectivity index (χ0v) is 13.5. The molecule has 126 valence electrons. The molecule has 1 aliphatic rings. The Balaban J connectivity index is 1.81. The quantitative estimate of drug-likeness (QED) is 0.785. The minimum Gasteiger partial charge on any atom is -0.387 e. The van der Waals surface area contributed by atoms with Crippen LogP contribution in [0.3, 0.4) is 0 Å². The van der Waals surface area contributed by atoms with E-state index in [-0.39, 0.29) is 31.1 Å². The van der Waals surface area contributed by atoms with Crippen molar-refractivity contribution in [2.75, 3.05) is 37.7 Å². The number of carbonyl (C=O) groups excluding carboxylic acids is 2. The molecule has 0 aliphatic carbocycles. The van der Waals surface area contributed by atoms with Crippen LogP contribution >= 0.6 is 0 Å². The third kappa shape index (κ3) is 5.65. The number of morpholine rings is 1. The van der Waals surface area contributed by atoms with E-state index in [1.807, 2.05) is 24.3 Å². The molecule has 6 heteroatoms. The van der Waals surface area contributed by atoms with Gasteiger partial charge in [0.2, 0.25) is 5.91 Å². The van der Waals surface area contributed by atoms with Gasteiger partial charge in [-0.2, -0.15) is 0 Å². The molecule has 0 aromatic heterocycles. The second-order valence-electron chi connectivity index (χ2n) is 5.71. The Kier molecular flexibility index (Phi) is 6.55. The topological polar surface area (TPSA) is 78.9 Å². The monoisotopic (exact) mass is 320 g/mol. The number of ketones is 1. The number of hydrogen-bond acceptors (Lipinski definition) is 5. The van der Waals surface area contributed by atoms with Gasteiger partial charge in [0.15, 0.2) is 0 Å². The highest BCUT2D eigenvalue weighted by atomic mass is 16.5. The van der Waals surface area contributed by atoms with Gasteiger partial charge in [-0.15, -0.1) is 0 Å². The lowest BCUT2D eigenvalue weighted by atomic mass is 10.1. The highest BCUT2D eigenvalue weighted by molar-refractivity contribution is 5.83. The van der Waals surface area contributed by atoms with Crippen molar-refractivity contribution in [3.05, 3.63) is 29.8 Å². The Morgan fingerprint density at radius 3 is 2.48 bits per heavy atom. The van der Waals surface area contributed by atoms with E-state index in [4.69, 9.17) is 4.74 Å². The average molecular weight is 320 g/mol. The lowest BCUT2D eigenvalue weighted by molar-refractivity contribution is -0.124. The molecule has 1 aromatic carbocycles. The Morgan fingerprint density at radius 1 is 1.22 bits per heavy atom.